The third-order valence-electron chi connectivity index (χ3n) is 15.5. The summed E-state index contributed by atoms with van der Waals surface area (Å²) in [4.78, 5) is 25.8. The van der Waals surface area contributed by atoms with Crippen molar-refractivity contribution in [1.29, 1.82) is 0 Å². The van der Waals surface area contributed by atoms with E-state index < -0.39 is 261 Å². The van der Waals surface area contributed by atoms with Crippen molar-refractivity contribution in [1.82, 2.24) is 0 Å². The van der Waals surface area contributed by atoms with E-state index in [0.29, 0.717) is 13.2 Å². The van der Waals surface area contributed by atoms with Crippen LogP contribution in [0.3, 0.4) is 0 Å². The molecule has 0 saturated carbocycles. The minimum absolute atomic E-state index is 0. The number of carboxylic acid groups (broad SMARTS) is 2. The van der Waals surface area contributed by atoms with E-state index in [-0.39, 0.29) is 276 Å². The van der Waals surface area contributed by atoms with Gasteiger partial charge in [-0.2, -0.15) is 0 Å². The Morgan fingerprint density at radius 2 is 0.768 bits per heavy atom. The number of nitrogens with two attached hydrogens (primary N) is 1. The van der Waals surface area contributed by atoms with Gasteiger partial charge in [-0.15, -0.1) is 0 Å². The molecule has 0 amide bonds. The van der Waals surface area contributed by atoms with Gasteiger partial charge in [0.2, 0.25) is 62.4 Å². The van der Waals surface area contributed by atoms with E-state index in [1.807, 2.05) is 0 Å². The minimum atomic E-state index is -6.44. The molecule has 0 aromatic heterocycles. The Morgan fingerprint density at radius 3 is 1.17 bits per heavy atom. The number of methoxy groups -OCH3 is 7. The van der Waals surface area contributed by atoms with Gasteiger partial charge in [-0.3, -0.25) is 25.1 Å². The first-order valence-corrected chi connectivity index (χ1v) is 37.9. The smallest absolute Gasteiger partial charge is 0.726 e. The van der Waals surface area contributed by atoms with Crippen molar-refractivity contribution in [2.24, 2.45) is 5.73 Å². The molecule has 2 N–H and O–H groups in total. The average Bonchev–Trinajstić information content (AvgIpc) is 0.740. The summed E-state index contributed by atoms with van der Waals surface area (Å²) in [5, 5.41) is 25.8. The van der Waals surface area contributed by atoms with Crippen LogP contribution in [0.5, 0.6) is 0 Å². The van der Waals surface area contributed by atoms with E-state index in [1.165, 1.54) is 0 Å². The van der Waals surface area contributed by atoms with Gasteiger partial charge in [0.1, 0.15) is 103 Å². The van der Waals surface area contributed by atoms with Crippen molar-refractivity contribution in [2.75, 3.05) is 136 Å². The molecule has 0 aliphatic carbocycles. The van der Waals surface area contributed by atoms with Crippen LogP contribution in [0.4, 0.5) is 0 Å². The molecule has 0 radical (unpaired) electrons. The number of carboxylic acids is 2. The standard InChI is InChI=1S/C48H85NO49S6.8Na/c1-9-48(47(52)53)41(94-44-36(76-6)32(73-3)29(24(90-44)19-85-99(54,55)56)82-17-16-81-15-14-80-13-12-79-11-10-49)35(75-5)37(77-7)46(95-48)93-31-26(21-87-101(60,61)62)91-45(40(98-104(69,70)71)34(31)96-102(63,64)65)89-23-18-84-43(38(28(23)72-2)83-22-27(50)51)92-30-25(20-86-100(57,58)59)88-42(78-8)39(33(30)74-4)97-103(66,67)68;;;;;;;;/h23-26,28-46H,9-22,49H2,1-8H3,(H,50,51)(H,52,53)(H,54,55,56)(H,57,58,59)(H,60,61,62)(H,63,64,65)(H,66,67,68)(H,69,70,71);;;;;;;;/q;8*+1/p-8/t23?,24?,25?,26?,28?,29?,30?,31?,32?,33?,34?,35?,36?,37?,38-,39?,40?,41?,42?,43?,44?,45?,46?,48?;;;;;;;;/m1......../s1. The van der Waals surface area contributed by atoms with Crippen LogP contribution in [-0.4, -0.2) is 372 Å². The number of carbonyl (C=O) groups is 2. The number of hydrogen-bond acceptors (Lipinski definition) is 50. The zero-order valence-corrected chi connectivity index (χ0v) is 84.6. The molecule has 23 unspecified atom stereocenters. The first-order valence-electron chi connectivity index (χ1n) is 29.9. The molecule has 24 atom stereocenters. The van der Waals surface area contributed by atoms with Crippen LogP contribution in [0.2, 0.25) is 0 Å². The molecule has 64 heteroatoms. The van der Waals surface area contributed by atoms with Crippen molar-refractivity contribution in [3.05, 3.63) is 0 Å². The molecule has 112 heavy (non-hydrogen) atoms. The van der Waals surface area contributed by atoms with E-state index >= 15 is 0 Å². The Hall–Kier alpha value is 5.28. The zero-order chi connectivity index (χ0) is 77.9. The topological polar surface area (TPSA) is 699 Å². The van der Waals surface area contributed by atoms with Gasteiger partial charge in [0.05, 0.1) is 91.2 Å². The fraction of sp³-hybridized carbons (Fsp3) is 0.958. The van der Waals surface area contributed by atoms with Crippen LogP contribution in [-0.2, 0) is 197 Å². The molecule has 5 fully saturated rings. The summed E-state index contributed by atoms with van der Waals surface area (Å²) in [6, 6.07) is 0. The molecule has 5 saturated heterocycles. The monoisotopic (exact) mass is 1830 g/mol. The predicted octanol–water partition coefficient (Wildman–Crippen LogP) is -35.4. The first-order chi connectivity index (χ1) is 48.6. The summed E-state index contributed by atoms with van der Waals surface area (Å²) < 4.78 is 367. The van der Waals surface area contributed by atoms with Crippen LogP contribution in [0.15, 0.2) is 0 Å². The number of ether oxygens (including phenoxy) is 21. The Kier molecular flexibility index (Phi) is 64.0. The summed E-state index contributed by atoms with van der Waals surface area (Å²) in [6.07, 6.45) is -51.8. The quantitative estimate of drug-likeness (QED) is 0.0256. The Morgan fingerprint density at radius 1 is 0.393 bits per heavy atom. The molecular weight excluding hydrogens is 1750 g/mol. The minimum Gasteiger partial charge on any atom is -0.726 e. The van der Waals surface area contributed by atoms with Crippen LogP contribution >= 0.6 is 0 Å². The largest absolute Gasteiger partial charge is 1.00 e. The molecule has 612 valence electrons. The fourth-order valence-corrected chi connectivity index (χ4v) is 13.7. The van der Waals surface area contributed by atoms with Gasteiger partial charge in [0.25, 0.3) is 0 Å². The van der Waals surface area contributed by atoms with E-state index in [2.05, 4.69) is 20.9 Å². The van der Waals surface area contributed by atoms with Crippen molar-refractivity contribution < 1.29 is 459 Å². The number of rotatable bonds is 47. The fourth-order valence-electron chi connectivity index (χ4n) is 11.4. The summed E-state index contributed by atoms with van der Waals surface area (Å²) in [7, 11) is -29.3. The average molecular weight is 1830 g/mol. The predicted molar refractivity (Wildman–Crippen MR) is 307 cm³/mol. The van der Waals surface area contributed by atoms with Crippen molar-refractivity contribution in [3.63, 3.8) is 0 Å². The maximum absolute atomic E-state index is 13.8. The van der Waals surface area contributed by atoms with Gasteiger partial charge >= 0.3 is 236 Å². The maximum atomic E-state index is 13.8. The third-order valence-corrected chi connectivity index (χ3v) is 18.1. The van der Waals surface area contributed by atoms with Crippen LogP contribution in [0.1, 0.15) is 13.3 Å². The van der Waals surface area contributed by atoms with Crippen LogP contribution in [0, 0.1) is 0 Å². The van der Waals surface area contributed by atoms with Gasteiger partial charge in [0.15, 0.2) is 43.7 Å². The molecule has 0 aromatic carbocycles. The van der Waals surface area contributed by atoms with Crippen molar-refractivity contribution >= 4 is 74.3 Å². The number of carbonyl (C=O) groups excluding carboxylic acids is 2. The second-order valence-corrected chi connectivity index (χ2v) is 28.0. The maximum Gasteiger partial charge on any atom is 1.00 e. The summed E-state index contributed by atoms with van der Waals surface area (Å²) in [5.41, 5.74) is 2.30. The SMILES string of the molecule is CCC1(C(=O)[O-])OC(OC2C(COS(=O)(=O)[O-])OC(OC3COC(OC4C(COS(=O)(=O)[O-])OC(OC)C(OS(=O)(=O)[O-])C4OC)[C@H](OCC(=O)[O-])C3OC)C(OS(=O)(=O)[O-])C2OS(=O)(=O)[O-])C(OC)C(OC)C1OC1OC(COS(=O)(=O)[O-])C(OCCOCCOCCOCCN)C(OC)C1OC.[Na+].[Na+].[Na+].[Na+].[Na+].[Na+].[Na+].[Na+]. The summed E-state index contributed by atoms with van der Waals surface area (Å²) in [5.74, 6) is -4.29. The van der Waals surface area contributed by atoms with E-state index in [4.69, 9.17) is 109 Å². The number of hydrogen-bond donors (Lipinski definition) is 1. The number of aliphatic carboxylic acids is 2. The molecule has 0 spiro atoms. The van der Waals surface area contributed by atoms with E-state index in [9.17, 15) is 97.6 Å². The summed E-state index contributed by atoms with van der Waals surface area (Å²) in [6.45, 7) is -5.05. The molecule has 5 rings (SSSR count). The molecular formula is C48H77NNa8O49S6. The molecule has 0 aromatic rings. The molecule has 5 aliphatic rings. The van der Waals surface area contributed by atoms with Gasteiger partial charge < -0.3 is 152 Å². The first kappa shape index (κ1) is 124. The normalized spacial score (nSPS) is 32.5. The van der Waals surface area contributed by atoms with Gasteiger partial charge in [0, 0.05) is 56.3 Å². The van der Waals surface area contributed by atoms with Gasteiger partial charge in [-0.25, -0.2) is 50.5 Å². The van der Waals surface area contributed by atoms with Crippen LogP contribution < -0.4 is 252 Å². The second-order valence-electron chi connectivity index (χ2n) is 21.8. The van der Waals surface area contributed by atoms with Gasteiger partial charge in [-0.1, -0.05) is 6.92 Å². The zero-order valence-electron chi connectivity index (χ0n) is 63.7. The van der Waals surface area contributed by atoms with E-state index in [0.717, 1.165) is 56.7 Å². The van der Waals surface area contributed by atoms with Gasteiger partial charge in [-0.05, 0) is 6.42 Å². The van der Waals surface area contributed by atoms with Crippen molar-refractivity contribution in [2.45, 2.75) is 160 Å². The molecule has 5 heterocycles. The molecule has 5 aliphatic heterocycles. The summed E-state index contributed by atoms with van der Waals surface area (Å²) >= 11 is 0. The van der Waals surface area contributed by atoms with E-state index in [1.54, 1.807) is 0 Å². The Balaban J connectivity index is -0.00000729. The Labute approximate surface area is 823 Å². The van der Waals surface area contributed by atoms with Crippen LogP contribution in [0.25, 0.3) is 0 Å². The molecule has 0 bridgehead atoms. The molecule has 50 nitrogen and oxygen atoms in total. The second kappa shape index (κ2) is 58.0. The Bertz CT molecular complexity index is 3400. The third kappa shape index (κ3) is 39.5. The van der Waals surface area contributed by atoms with Crippen molar-refractivity contribution in [3.8, 4) is 0 Å².